The van der Waals surface area contributed by atoms with E-state index in [1.165, 1.54) is 12.1 Å². The van der Waals surface area contributed by atoms with E-state index in [2.05, 4.69) is 15.3 Å². The van der Waals surface area contributed by atoms with E-state index in [-0.39, 0.29) is 0 Å². The molecule has 6 nitrogen and oxygen atoms in total. The van der Waals surface area contributed by atoms with E-state index >= 15 is 0 Å². The first-order valence-electron chi connectivity index (χ1n) is 5.02. The summed E-state index contributed by atoms with van der Waals surface area (Å²) in [5.74, 6) is 0.360. The third-order valence-corrected chi connectivity index (χ3v) is 2.20. The fraction of sp³-hybridized carbons (Fsp3) is 0. The van der Waals surface area contributed by atoms with E-state index in [0.29, 0.717) is 22.6 Å². The van der Waals surface area contributed by atoms with Gasteiger partial charge in [0.25, 0.3) is 0 Å². The first kappa shape index (κ1) is 11.5. The molecular weight excluding hydrogens is 232 g/mol. The number of benzene rings is 1. The van der Waals surface area contributed by atoms with E-state index < -0.39 is 6.09 Å². The smallest absolute Gasteiger partial charge is 0.409 e. The number of anilines is 1. The summed E-state index contributed by atoms with van der Waals surface area (Å²) >= 11 is 0. The van der Waals surface area contributed by atoms with E-state index in [4.69, 9.17) is 10.4 Å². The molecule has 2 rings (SSSR count). The summed E-state index contributed by atoms with van der Waals surface area (Å²) in [6, 6.07) is 8.22. The fourth-order valence-corrected chi connectivity index (χ4v) is 1.46. The maximum absolute atomic E-state index is 10.7. The van der Waals surface area contributed by atoms with Crippen LogP contribution in [0.15, 0.2) is 36.7 Å². The van der Waals surface area contributed by atoms with Crippen molar-refractivity contribution in [3.8, 4) is 17.5 Å². The Morgan fingerprint density at radius 3 is 2.67 bits per heavy atom. The largest absolute Gasteiger partial charge is 0.465 e. The second-order valence-corrected chi connectivity index (χ2v) is 3.37. The molecule has 88 valence electrons. The molecule has 0 radical (unpaired) electrons. The van der Waals surface area contributed by atoms with E-state index in [1.807, 2.05) is 6.07 Å². The number of hydrogen-bond donors (Lipinski definition) is 2. The van der Waals surface area contributed by atoms with Crippen LogP contribution in [-0.4, -0.2) is 21.2 Å². The van der Waals surface area contributed by atoms with Crippen molar-refractivity contribution in [2.45, 2.75) is 0 Å². The zero-order chi connectivity index (χ0) is 13.0. The zero-order valence-corrected chi connectivity index (χ0v) is 9.16. The lowest BCUT2D eigenvalue weighted by Crippen LogP contribution is -2.08. The molecule has 0 saturated heterocycles. The lowest BCUT2D eigenvalue weighted by molar-refractivity contribution is 0.210. The Kier molecular flexibility index (Phi) is 3.16. The predicted molar refractivity (Wildman–Crippen MR) is 63.8 cm³/mol. The average molecular weight is 240 g/mol. The lowest BCUT2D eigenvalue weighted by atomic mass is 10.1. The summed E-state index contributed by atoms with van der Waals surface area (Å²) in [7, 11) is 0. The van der Waals surface area contributed by atoms with Crippen LogP contribution in [0.2, 0.25) is 0 Å². The molecule has 0 saturated carbocycles. The Morgan fingerprint density at radius 1 is 1.33 bits per heavy atom. The van der Waals surface area contributed by atoms with Crippen molar-refractivity contribution >= 4 is 11.8 Å². The van der Waals surface area contributed by atoms with Gasteiger partial charge < -0.3 is 5.11 Å². The summed E-state index contributed by atoms with van der Waals surface area (Å²) in [6.45, 7) is 0. The fourth-order valence-electron chi connectivity index (χ4n) is 1.46. The van der Waals surface area contributed by atoms with Crippen LogP contribution in [0.1, 0.15) is 5.56 Å². The number of nitriles is 1. The van der Waals surface area contributed by atoms with Crippen LogP contribution < -0.4 is 5.32 Å². The molecule has 0 aliphatic carbocycles. The van der Waals surface area contributed by atoms with Crippen molar-refractivity contribution in [3.05, 3.63) is 42.2 Å². The zero-order valence-electron chi connectivity index (χ0n) is 9.16. The summed E-state index contributed by atoms with van der Waals surface area (Å²) in [4.78, 5) is 18.8. The first-order chi connectivity index (χ1) is 8.70. The minimum atomic E-state index is -1.18. The topological polar surface area (TPSA) is 98.9 Å². The van der Waals surface area contributed by atoms with Crippen molar-refractivity contribution in [2.75, 3.05) is 5.32 Å². The Bertz CT molecular complexity index is 620. The molecule has 0 bridgehead atoms. The summed E-state index contributed by atoms with van der Waals surface area (Å²) in [5.41, 5.74) is 1.22. The molecule has 1 aromatic carbocycles. The summed E-state index contributed by atoms with van der Waals surface area (Å²) < 4.78 is 0. The number of rotatable bonds is 2. The lowest BCUT2D eigenvalue weighted by Gasteiger charge is -2.08. The molecule has 1 heterocycles. The molecule has 0 aliphatic heterocycles. The van der Waals surface area contributed by atoms with Crippen molar-refractivity contribution < 1.29 is 9.90 Å². The highest BCUT2D eigenvalue weighted by molar-refractivity contribution is 5.89. The quantitative estimate of drug-likeness (QED) is 0.837. The van der Waals surface area contributed by atoms with Gasteiger partial charge in [-0.25, -0.2) is 14.8 Å². The van der Waals surface area contributed by atoms with Gasteiger partial charge in [-0.05, 0) is 24.3 Å². The van der Waals surface area contributed by atoms with E-state index in [1.54, 1.807) is 24.5 Å². The molecule has 0 fully saturated rings. The predicted octanol–water partition coefficient (Wildman–Crippen LogP) is 2.11. The third kappa shape index (κ3) is 2.41. The number of carboxylic acid groups (broad SMARTS) is 1. The highest BCUT2D eigenvalue weighted by Crippen LogP contribution is 2.26. The molecular formula is C12H8N4O2. The summed E-state index contributed by atoms with van der Waals surface area (Å²) in [5, 5.41) is 19.9. The number of nitrogens with zero attached hydrogens (tertiary/aromatic N) is 3. The third-order valence-electron chi connectivity index (χ3n) is 2.20. The van der Waals surface area contributed by atoms with Gasteiger partial charge in [-0.15, -0.1) is 0 Å². The Labute approximate surface area is 103 Å². The van der Waals surface area contributed by atoms with Crippen molar-refractivity contribution in [1.29, 1.82) is 5.26 Å². The molecule has 0 aliphatic rings. The number of aromatic nitrogens is 2. The van der Waals surface area contributed by atoms with E-state index in [0.717, 1.165) is 0 Å². The number of nitrogens with one attached hydrogen (secondary N) is 1. The van der Waals surface area contributed by atoms with Gasteiger partial charge in [0.15, 0.2) is 5.82 Å². The second-order valence-electron chi connectivity index (χ2n) is 3.37. The van der Waals surface area contributed by atoms with Gasteiger partial charge in [0, 0.05) is 18.0 Å². The van der Waals surface area contributed by atoms with Crippen LogP contribution in [0, 0.1) is 11.3 Å². The van der Waals surface area contributed by atoms with Crippen LogP contribution in [-0.2, 0) is 0 Å². The van der Waals surface area contributed by atoms with Crippen molar-refractivity contribution in [1.82, 2.24) is 9.97 Å². The number of hydrogen-bond acceptors (Lipinski definition) is 4. The first-order valence-corrected chi connectivity index (χ1v) is 5.02. The van der Waals surface area contributed by atoms with Gasteiger partial charge in [-0.3, -0.25) is 5.32 Å². The molecule has 2 aromatic rings. The van der Waals surface area contributed by atoms with Gasteiger partial charge >= 0.3 is 6.09 Å². The Morgan fingerprint density at radius 2 is 2.06 bits per heavy atom. The van der Waals surface area contributed by atoms with Crippen LogP contribution in [0.5, 0.6) is 0 Å². The minimum absolute atomic E-state index is 0.340. The van der Waals surface area contributed by atoms with Gasteiger partial charge in [-0.1, -0.05) is 0 Å². The van der Waals surface area contributed by atoms with Gasteiger partial charge in [-0.2, -0.15) is 5.26 Å². The normalized spacial score (nSPS) is 9.50. The molecule has 1 aromatic heterocycles. The standard InChI is InChI=1S/C12H8N4O2/c13-7-8-2-3-10(16-12(17)18)9(6-8)11-14-4-1-5-15-11/h1-6,16H,(H,17,18). The molecule has 0 spiro atoms. The monoisotopic (exact) mass is 240 g/mol. The Hall–Kier alpha value is -2.94. The minimum Gasteiger partial charge on any atom is -0.465 e. The number of amides is 1. The van der Waals surface area contributed by atoms with Crippen LogP contribution in [0.4, 0.5) is 10.5 Å². The van der Waals surface area contributed by atoms with Crippen molar-refractivity contribution in [3.63, 3.8) is 0 Å². The maximum Gasteiger partial charge on any atom is 0.409 e. The van der Waals surface area contributed by atoms with Gasteiger partial charge in [0.05, 0.1) is 17.3 Å². The summed E-state index contributed by atoms with van der Waals surface area (Å²) in [6.07, 6.45) is 1.91. The van der Waals surface area contributed by atoms with Crippen LogP contribution in [0.25, 0.3) is 11.4 Å². The Balaban J connectivity index is 2.55. The highest BCUT2D eigenvalue weighted by Gasteiger charge is 2.10. The molecule has 6 heteroatoms. The van der Waals surface area contributed by atoms with Crippen LogP contribution in [0.3, 0.4) is 0 Å². The number of carbonyl (C=O) groups is 1. The van der Waals surface area contributed by atoms with Gasteiger partial charge in [0.2, 0.25) is 0 Å². The molecule has 1 amide bonds. The molecule has 18 heavy (non-hydrogen) atoms. The average Bonchev–Trinajstić information content (AvgIpc) is 2.39. The van der Waals surface area contributed by atoms with Crippen LogP contribution >= 0.6 is 0 Å². The molecule has 0 atom stereocenters. The van der Waals surface area contributed by atoms with Gasteiger partial charge in [0.1, 0.15) is 0 Å². The molecule has 2 N–H and O–H groups in total. The maximum atomic E-state index is 10.7. The SMILES string of the molecule is N#Cc1ccc(NC(=O)O)c(-c2ncccn2)c1. The second kappa shape index (κ2) is 4.93. The van der Waals surface area contributed by atoms with Crippen molar-refractivity contribution in [2.24, 2.45) is 0 Å². The van der Waals surface area contributed by atoms with E-state index in [9.17, 15) is 4.79 Å². The highest BCUT2D eigenvalue weighted by atomic mass is 16.4. The molecule has 0 unspecified atom stereocenters.